The second kappa shape index (κ2) is 4.99. The van der Waals surface area contributed by atoms with E-state index in [1.165, 1.54) is 18.2 Å². The first-order valence-electron chi connectivity index (χ1n) is 5.69. The third-order valence-electron chi connectivity index (χ3n) is 3.23. The molecule has 0 aromatic heterocycles. The standard InChI is InChI=1S/C13H13FN2OS/c14-10-2-1-3-11(9(10)7-15)16-12(17)6-13(8-18)4-5-13/h1-3,18H,4-6,8H2,(H,16,17). The molecule has 18 heavy (non-hydrogen) atoms. The van der Waals surface area contributed by atoms with Crippen molar-refractivity contribution in [2.45, 2.75) is 19.3 Å². The van der Waals surface area contributed by atoms with Crippen molar-refractivity contribution in [1.29, 1.82) is 5.26 Å². The van der Waals surface area contributed by atoms with E-state index < -0.39 is 5.82 Å². The summed E-state index contributed by atoms with van der Waals surface area (Å²) in [6.07, 6.45) is 2.37. The number of halogens is 1. The first kappa shape index (κ1) is 12.9. The van der Waals surface area contributed by atoms with Crippen LogP contribution in [0.25, 0.3) is 0 Å². The summed E-state index contributed by atoms with van der Waals surface area (Å²) in [6, 6.07) is 5.95. The van der Waals surface area contributed by atoms with E-state index in [-0.39, 0.29) is 22.6 Å². The van der Waals surface area contributed by atoms with Gasteiger partial charge in [0.15, 0.2) is 0 Å². The molecular formula is C13H13FN2OS. The van der Waals surface area contributed by atoms with Crippen molar-refractivity contribution in [3.8, 4) is 6.07 Å². The fourth-order valence-electron chi connectivity index (χ4n) is 1.84. The van der Waals surface area contributed by atoms with Crippen molar-refractivity contribution >= 4 is 24.2 Å². The molecule has 0 saturated heterocycles. The van der Waals surface area contributed by atoms with Gasteiger partial charge in [-0.3, -0.25) is 4.79 Å². The number of nitrogens with one attached hydrogen (secondary N) is 1. The van der Waals surface area contributed by atoms with Gasteiger partial charge in [-0.2, -0.15) is 17.9 Å². The fraction of sp³-hybridized carbons (Fsp3) is 0.385. The molecule has 94 valence electrons. The van der Waals surface area contributed by atoms with Gasteiger partial charge in [0, 0.05) is 6.42 Å². The van der Waals surface area contributed by atoms with E-state index >= 15 is 0 Å². The molecule has 0 spiro atoms. The zero-order valence-corrected chi connectivity index (χ0v) is 10.6. The Bertz CT molecular complexity index is 520. The van der Waals surface area contributed by atoms with Crippen LogP contribution in [0.15, 0.2) is 18.2 Å². The number of hydrogen-bond acceptors (Lipinski definition) is 3. The maximum Gasteiger partial charge on any atom is 0.224 e. The summed E-state index contributed by atoms with van der Waals surface area (Å²) in [6.45, 7) is 0. The van der Waals surface area contributed by atoms with E-state index in [4.69, 9.17) is 5.26 Å². The number of thiol groups is 1. The lowest BCUT2D eigenvalue weighted by Gasteiger charge is -2.12. The summed E-state index contributed by atoms with van der Waals surface area (Å²) in [7, 11) is 0. The van der Waals surface area contributed by atoms with Crippen LogP contribution in [0.2, 0.25) is 0 Å². The second-order valence-corrected chi connectivity index (χ2v) is 4.97. The zero-order valence-electron chi connectivity index (χ0n) is 9.74. The average Bonchev–Trinajstić information content (AvgIpc) is 3.09. The summed E-state index contributed by atoms with van der Waals surface area (Å²) in [5.41, 5.74) is 0.117. The van der Waals surface area contributed by atoms with Crippen LogP contribution in [-0.4, -0.2) is 11.7 Å². The summed E-state index contributed by atoms with van der Waals surface area (Å²) in [5, 5.41) is 11.4. The number of hydrogen-bond donors (Lipinski definition) is 2. The van der Waals surface area contributed by atoms with E-state index in [0.717, 1.165) is 12.8 Å². The van der Waals surface area contributed by atoms with Gasteiger partial charge < -0.3 is 5.32 Å². The van der Waals surface area contributed by atoms with Gasteiger partial charge >= 0.3 is 0 Å². The highest BCUT2D eigenvalue weighted by atomic mass is 32.1. The fourth-order valence-corrected chi connectivity index (χ4v) is 2.27. The monoisotopic (exact) mass is 264 g/mol. The van der Waals surface area contributed by atoms with Crippen LogP contribution in [0, 0.1) is 22.6 Å². The van der Waals surface area contributed by atoms with Gasteiger partial charge in [0.1, 0.15) is 17.4 Å². The molecule has 1 aliphatic rings. The van der Waals surface area contributed by atoms with E-state index in [1.54, 1.807) is 6.07 Å². The maximum absolute atomic E-state index is 13.3. The predicted molar refractivity (Wildman–Crippen MR) is 69.9 cm³/mol. The number of benzene rings is 1. The summed E-state index contributed by atoms with van der Waals surface area (Å²) < 4.78 is 13.3. The SMILES string of the molecule is N#Cc1c(F)cccc1NC(=O)CC1(CS)CC1. The third kappa shape index (κ3) is 2.65. The Morgan fingerprint density at radius 2 is 2.28 bits per heavy atom. The van der Waals surface area contributed by atoms with Crippen LogP contribution >= 0.6 is 12.6 Å². The van der Waals surface area contributed by atoms with Crippen LogP contribution in [0.4, 0.5) is 10.1 Å². The number of rotatable bonds is 4. The van der Waals surface area contributed by atoms with Crippen LogP contribution in [0.5, 0.6) is 0 Å². The molecule has 1 saturated carbocycles. The molecule has 0 atom stereocenters. The lowest BCUT2D eigenvalue weighted by molar-refractivity contribution is -0.117. The van der Waals surface area contributed by atoms with Crippen molar-refractivity contribution in [2.24, 2.45) is 5.41 Å². The van der Waals surface area contributed by atoms with Gasteiger partial charge in [-0.25, -0.2) is 4.39 Å². The predicted octanol–water partition coefficient (Wildman–Crippen LogP) is 2.74. The Morgan fingerprint density at radius 1 is 1.56 bits per heavy atom. The quantitative estimate of drug-likeness (QED) is 0.822. The molecule has 1 aliphatic carbocycles. The van der Waals surface area contributed by atoms with Gasteiger partial charge in [-0.15, -0.1) is 0 Å². The molecule has 3 nitrogen and oxygen atoms in total. The highest BCUT2D eigenvalue weighted by Gasteiger charge is 2.42. The lowest BCUT2D eigenvalue weighted by Crippen LogP contribution is -2.19. The van der Waals surface area contributed by atoms with Gasteiger partial charge in [0.25, 0.3) is 0 Å². The summed E-state index contributed by atoms with van der Waals surface area (Å²) in [4.78, 5) is 11.8. The first-order valence-corrected chi connectivity index (χ1v) is 6.33. The minimum absolute atomic E-state index is 0.00727. The first-order chi connectivity index (χ1) is 8.60. The minimum atomic E-state index is -0.620. The molecule has 0 aliphatic heterocycles. The normalized spacial score (nSPS) is 15.8. The number of carbonyl (C=O) groups is 1. The van der Waals surface area contributed by atoms with Gasteiger partial charge in [0.2, 0.25) is 5.91 Å². The van der Waals surface area contributed by atoms with Crippen LogP contribution < -0.4 is 5.32 Å². The second-order valence-electron chi connectivity index (χ2n) is 4.66. The smallest absolute Gasteiger partial charge is 0.224 e. The van der Waals surface area contributed by atoms with Gasteiger partial charge in [0.05, 0.1) is 5.69 Å². The van der Waals surface area contributed by atoms with Crippen molar-refractivity contribution in [1.82, 2.24) is 0 Å². The number of amides is 1. The summed E-state index contributed by atoms with van der Waals surface area (Å²) in [5.74, 6) is -0.136. The van der Waals surface area contributed by atoms with Gasteiger partial charge in [-0.1, -0.05) is 6.07 Å². The van der Waals surface area contributed by atoms with Crippen molar-refractivity contribution in [3.05, 3.63) is 29.6 Å². The molecule has 0 bridgehead atoms. The molecule has 1 amide bonds. The molecule has 1 aromatic carbocycles. The van der Waals surface area contributed by atoms with Gasteiger partial charge in [-0.05, 0) is 36.1 Å². The van der Waals surface area contributed by atoms with Crippen molar-refractivity contribution in [2.75, 3.05) is 11.1 Å². The highest BCUT2D eigenvalue weighted by Crippen LogP contribution is 2.49. The molecule has 1 N–H and O–H groups in total. The number of carbonyl (C=O) groups excluding carboxylic acids is 1. The Labute approximate surface area is 110 Å². The van der Waals surface area contributed by atoms with Crippen LogP contribution in [0.3, 0.4) is 0 Å². The lowest BCUT2D eigenvalue weighted by atomic mass is 10.0. The number of nitriles is 1. The molecule has 2 rings (SSSR count). The topological polar surface area (TPSA) is 52.9 Å². The Hall–Kier alpha value is -1.54. The van der Waals surface area contributed by atoms with E-state index in [0.29, 0.717) is 12.2 Å². The molecule has 1 aromatic rings. The van der Waals surface area contributed by atoms with E-state index in [2.05, 4.69) is 17.9 Å². The Balaban J connectivity index is 2.08. The van der Waals surface area contributed by atoms with Crippen molar-refractivity contribution < 1.29 is 9.18 Å². The molecule has 0 heterocycles. The Kier molecular flexibility index (Phi) is 3.58. The minimum Gasteiger partial charge on any atom is -0.325 e. The van der Waals surface area contributed by atoms with E-state index in [1.807, 2.05) is 0 Å². The molecule has 0 unspecified atom stereocenters. The molecule has 5 heteroatoms. The van der Waals surface area contributed by atoms with Crippen LogP contribution in [0.1, 0.15) is 24.8 Å². The Morgan fingerprint density at radius 3 is 2.83 bits per heavy atom. The number of nitrogens with zero attached hydrogens (tertiary/aromatic N) is 1. The third-order valence-corrected chi connectivity index (χ3v) is 3.90. The molecule has 1 fully saturated rings. The number of anilines is 1. The van der Waals surface area contributed by atoms with Crippen LogP contribution in [-0.2, 0) is 4.79 Å². The maximum atomic E-state index is 13.3. The molecule has 0 radical (unpaired) electrons. The highest BCUT2D eigenvalue weighted by molar-refractivity contribution is 7.80. The summed E-state index contributed by atoms with van der Waals surface area (Å²) >= 11 is 4.23. The van der Waals surface area contributed by atoms with E-state index in [9.17, 15) is 9.18 Å². The zero-order chi connectivity index (χ0) is 13.2. The largest absolute Gasteiger partial charge is 0.325 e. The molecular weight excluding hydrogens is 251 g/mol. The van der Waals surface area contributed by atoms with Crippen molar-refractivity contribution in [3.63, 3.8) is 0 Å². The average molecular weight is 264 g/mol.